The van der Waals surface area contributed by atoms with Gasteiger partial charge in [-0.3, -0.25) is 9.59 Å². The molecule has 5 heteroatoms. The number of morpholine rings is 1. The third kappa shape index (κ3) is 2.93. The van der Waals surface area contributed by atoms with Crippen molar-refractivity contribution in [2.45, 2.75) is 31.8 Å². The lowest BCUT2D eigenvalue weighted by Gasteiger charge is -2.32. The SMILES string of the molecule is O=C(O)C[C@@H]1CN(C(=O)c2cccc3c2CCC3)CCO1. The molecule has 112 valence electrons. The molecule has 0 bridgehead atoms. The van der Waals surface area contributed by atoms with Gasteiger partial charge in [0.25, 0.3) is 5.91 Å². The minimum absolute atomic E-state index is 0.00689. The molecule has 1 amide bonds. The third-order valence-corrected chi connectivity index (χ3v) is 4.20. The van der Waals surface area contributed by atoms with Crippen molar-refractivity contribution < 1.29 is 19.4 Å². The van der Waals surface area contributed by atoms with Gasteiger partial charge in [0.15, 0.2) is 0 Å². The Morgan fingerprint density at radius 3 is 3.00 bits per heavy atom. The largest absolute Gasteiger partial charge is 0.481 e. The molecule has 1 N–H and O–H groups in total. The van der Waals surface area contributed by atoms with Crippen LogP contribution in [-0.2, 0) is 22.4 Å². The number of carbonyl (C=O) groups is 2. The van der Waals surface area contributed by atoms with Gasteiger partial charge in [-0.05, 0) is 36.5 Å². The number of rotatable bonds is 3. The van der Waals surface area contributed by atoms with Crippen molar-refractivity contribution in [2.24, 2.45) is 0 Å². The summed E-state index contributed by atoms with van der Waals surface area (Å²) in [6.07, 6.45) is 2.64. The number of carbonyl (C=O) groups excluding carboxylic acids is 1. The zero-order valence-corrected chi connectivity index (χ0v) is 11.9. The fraction of sp³-hybridized carbons (Fsp3) is 0.500. The lowest BCUT2D eigenvalue weighted by Crippen LogP contribution is -2.46. The van der Waals surface area contributed by atoms with Gasteiger partial charge in [0.05, 0.1) is 19.1 Å². The first-order valence-electron chi connectivity index (χ1n) is 7.38. The molecule has 1 atom stereocenters. The van der Waals surface area contributed by atoms with Gasteiger partial charge >= 0.3 is 5.97 Å². The van der Waals surface area contributed by atoms with Gasteiger partial charge in [-0.15, -0.1) is 0 Å². The molecule has 0 saturated carbocycles. The second-order valence-electron chi connectivity index (χ2n) is 5.64. The van der Waals surface area contributed by atoms with Gasteiger partial charge in [0.1, 0.15) is 0 Å². The van der Waals surface area contributed by atoms with Crippen molar-refractivity contribution in [2.75, 3.05) is 19.7 Å². The molecule has 1 saturated heterocycles. The Morgan fingerprint density at radius 1 is 1.33 bits per heavy atom. The average Bonchev–Trinajstić information content (AvgIpc) is 2.94. The molecule has 1 aromatic carbocycles. The fourth-order valence-electron chi connectivity index (χ4n) is 3.21. The summed E-state index contributed by atoms with van der Waals surface area (Å²) in [4.78, 5) is 25.2. The summed E-state index contributed by atoms with van der Waals surface area (Å²) in [7, 11) is 0. The summed E-state index contributed by atoms with van der Waals surface area (Å²) in [5.74, 6) is -0.887. The predicted octanol–water partition coefficient (Wildman–Crippen LogP) is 1.49. The summed E-state index contributed by atoms with van der Waals surface area (Å²) < 4.78 is 5.42. The first-order valence-corrected chi connectivity index (χ1v) is 7.38. The van der Waals surface area contributed by atoms with E-state index in [9.17, 15) is 9.59 Å². The van der Waals surface area contributed by atoms with Gasteiger partial charge in [0.2, 0.25) is 0 Å². The molecular weight excluding hydrogens is 270 g/mol. The zero-order valence-electron chi connectivity index (χ0n) is 11.9. The molecule has 0 spiro atoms. The number of aliphatic carboxylic acids is 1. The normalized spacial score (nSPS) is 21.1. The van der Waals surface area contributed by atoms with Crippen molar-refractivity contribution in [3.8, 4) is 0 Å². The van der Waals surface area contributed by atoms with Crippen molar-refractivity contribution in [3.05, 3.63) is 34.9 Å². The van der Waals surface area contributed by atoms with E-state index in [1.54, 1.807) is 4.90 Å². The molecule has 1 aromatic rings. The second kappa shape index (κ2) is 5.85. The van der Waals surface area contributed by atoms with Crippen LogP contribution in [0.25, 0.3) is 0 Å². The summed E-state index contributed by atoms with van der Waals surface area (Å²) in [6, 6.07) is 5.91. The smallest absolute Gasteiger partial charge is 0.306 e. The maximum atomic E-state index is 12.7. The fourth-order valence-corrected chi connectivity index (χ4v) is 3.21. The molecule has 1 heterocycles. The third-order valence-electron chi connectivity index (χ3n) is 4.20. The lowest BCUT2D eigenvalue weighted by molar-refractivity contribution is -0.141. The quantitative estimate of drug-likeness (QED) is 0.915. The Hall–Kier alpha value is -1.88. The number of hydrogen-bond donors (Lipinski definition) is 1. The maximum absolute atomic E-state index is 12.7. The minimum Gasteiger partial charge on any atom is -0.481 e. The second-order valence-corrected chi connectivity index (χ2v) is 5.64. The molecule has 5 nitrogen and oxygen atoms in total. The van der Waals surface area contributed by atoms with Crippen molar-refractivity contribution in [3.63, 3.8) is 0 Å². The minimum atomic E-state index is -0.894. The van der Waals surface area contributed by atoms with E-state index in [2.05, 4.69) is 6.07 Å². The predicted molar refractivity (Wildman–Crippen MR) is 76.4 cm³/mol. The highest BCUT2D eigenvalue weighted by Crippen LogP contribution is 2.26. The molecule has 0 radical (unpaired) electrons. The summed E-state index contributed by atoms with van der Waals surface area (Å²) >= 11 is 0. The molecule has 1 fully saturated rings. The Morgan fingerprint density at radius 2 is 2.19 bits per heavy atom. The van der Waals surface area contributed by atoms with Gasteiger partial charge in [0, 0.05) is 18.7 Å². The van der Waals surface area contributed by atoms with Crippen LogP contribution in [0.1, 0.15) is 34.3 Å². The van der Waals surface area contributed by atoms with Crippen molar-refractivity contribution >= 4 is 11.9 Å². The monoisotopic (exact) mass is 289 g/mol. The van der Waals surface area contributed by atoms with E-state index >= 15 is 0 Å². The molecule has 21 heavy (non-hydrogen) atoms. The van der Waals surface area contributed by atoms with Crippen LogP contribution in [0.2, 0.25) is 0 Å². The van der Waals surface area contributed by atoms with Gasteiger partial charge in [-0.2, -0.15) is 0 Å². The number of amides is 1. The summed E-state index contributed by atoms with van der Waals surface area (Å²) in [6.45, 7) is 1.28. The number of nitrogens with zero attached hydrogens (tertiary/aromatic N) is 1. The Balaban J connectivity index is 1.76. The molecule has 1 aliphatic carbocycles. The van der Waals surface area contributed by atoms with Crippen LogP contribution in [0.15, 0.2) is 18.2 Å². The molecule has 1 aliphatic heterocycles. The van der Waals surface area contributed by atoms with E-state index in [0.717, 1.165) is 24.8 Å². The van der Waals surface area contributed by atoms with E-state index in [0.29, 0.717) is 19.7 Å². The molecule has 0 unspecified atom stereocenters. The van der Waals surface area contributed by atoms with Crippen LogP contribution < -0.4 is 0 Å². The van der Waals surface area contributed by atoms with E-state index < -0.39 is 12.1 Å². The van der Waals surface area contributed by atoms with Crippen LogP contribution in [0.3, 0.4) is 0 Å². The summed E-state index contributed by atoms with van der Waals surface area (Å²) in [5.41, 5.74) is 3.22. The topological polar surface area (TPSA) is 66.8 Å². The lowest BCUT2D eigenvalue weighted by atomic mass is 10.0. The van der Waals surface area contributed by atoms with Gasteiger partial charge < -0.3 is 14.7 Å². The van der Waals surface area contributed by atoms with Gasteiger partial charge in [-0.1, -0.05) is 12.1 Å². The van der Waals surface area contributed by atoms with E-state index in [4.69, 9.17) is 9.84 Å². The Kier molecular flexibility index (Phi) is 3.92. The van der Waals surface area contributed by atoms with Crippen LogP contribution in [0.5, 0.6) is 0 Å². The molecule has 3 rings (SSSR count). The van der Waals surface area contributed by atoms with Gasteiger partial charge in [-0.25, -0.2) is 0 Å². The number of ether oxygens (including phenoxy) is 1. The van der Waals surface area contributed by atoms with E-state index in [1.165, 1.54) is 11.1 Å². The zero-order chi connectivity index (χ0) is 14.8. The number of carboxylic acids is 1. The first kappa shape index (κ1) is 14.1. The first-order chi connectivity index (χ1) is 10.1. The highest BCUT2D eigenvalue weighted by molar-refractivity contribution is 5.96. The molecular formula is C16H19NO4. The Bertz CT molecular complexity index is 569. The van der Waals surface area contributed by atoms with E-state index in [1.807, 2.05) is 12.1 Å². The highest BCUT2D eigenvalue weighted by atomic mass is 16.5. The van der Waals surface area contributed by atoms with Crippen molar-refractivity contribution in [1.29, 1.82) is 0 Å². The molecule has 0 aromatic heterocycles. The molecule has 2 aliphatic rings. The van der Waals surface area contributed by atoms with Crippen LogP contribution >= 0.6 is 0 Å². The highest BCUT2D eigenvalue weighted by Gasteiger charge is 2.28. The number of benzene rings is 1. The Labute approximate surface area is 123 Å². The average molecular weight is 289 g/mol. The van der Waals surface area contributed by atoms with Crippen molar-refractivity contribution in [1.82, 2.24) is 4.90 Å². The number of aryl methyl sites for hydroxylation is 1. The standard InChI is InChI=1S/C16H19NO4/c18-15(19)9-12-10-17(7-8-21-12)16(20)14-6-2-4-11-3-1-5-13(11)14/h2,4,6,12H,1,3,5,7-10H2,(H,18,19)/t12-/m1/s1. The summed E-state index contributed by atoms with van der Waals surface area (Å²) in [5, 5.41) is 8.85. The number of fused-ring (bicyclic) bond motifs is 1. The number of hydrogen-bond acceptors (Lipinski definition) is 3. The number of carboxylic acid groups (broad SMARTS) is 1. The van der Waals surface area contributed by atoms with Crippen LogP contribution in [-0.4, -0.2) is 47.7 Å². The van der Waals surface area contributed by atoms with E-state index in [-0.39, 0.29) is 12.3 Å². The van der Waals surface area contributed by atoms with Crippen LogP contribution in [0.4, 0.5) is 0 Å². The van der Waals surface area contributed by atoms with Crippen LogP contribution in [0, 0.1) is 0 Å². The maximum Gasteiger partial charge on any atom is 0.306 e.